The van der Waals surface area contributed by atoms with Crippen LogP contribution in [0.4, 0.5) is 5.69 Å². The van der Waals surface area contributed by atoms with Crippen LogP contribution >= 0.6 is 0 Å². The van der Waals surface area contributed by atoms with Crippen molar-refractivity contribution in [3.8, 4) is 0 Å². The highest BCUT2D eigenvalue weighted by Gasteiger charge is 2.16. The van der Waals surface area contributed by atoms with E-state index < -0.39 is 0 Å². The van der Waals surface area contributed by atoms with Crippen molar-refractivity contribution >= 4 is 11.9 Å². The molecule has 2 heterocycles. The molecule has 1 saturated heterocycles. The van der Waals surface area contributed by atoms with Gasteiger partial charge >= 0.3 is 0 Å². The number of aliphatic hydroxyl groups excluding tert-OH is 1. The number of hydrogen-bond donors (Lipinski definition) is 2. The lowest BCUT2D eigenvalue weighted by Crippen LogP contribution is -2.46. The van der Waals surface area contributed by atoms with Gasteiger partial charge in [-0.2, -0.15) is 0 Å². The van der Waals surface area contributed by atoms with Gasteiger partial charge in [0.05, 0.1) is 6.61 Å². The lowest BCUT2D eigenvalue weighted by Gasteiger charge is -2.35. The Morgan fingerprint density at radius 2 is 1.92 bits per heavy atom. The Balaban J connectivity index is 1.51. The largest absolute Gasteiger partial charge is 0.395 e. The van der Waals surface area contributed by atoms with Crippen molar-refractivity contribution in [1.29, 1.82) is 0 Å². The van der Waals surface area contributed by atoms with E-state index in [0.29, 0.717) is 12.5 Å². The molecule has 1 atom stereocenters. The van der Waals surface area contributed by atoms with Gasteiger partial charge in [0.1, 0.15) is 0 Å². The van der Waals surface area contributed by atoms with Gasteiger partial charge < -0.3 is 20.2 Å². The summed E-state index contributed by atoms with van der Waals surface area (Å²) >= 11 is 0. The summed E-state index contributed by atoms with van der Waals surface area (Å²) in [6, 6.07) is 9.04. The Morgan fingerprint density at radius 1 is 1.16 bits per heavy atom. The third-order valence-electron chi connectivity index (χ3n) is 5.09. The van der Waals surface area contributed by atoms with Gasteiger partial charge in [0.2, 0.25) is 0 Å². The van der Waals surface area contributed by atoms with E-state index in [4.69, 9.17) is 5.11 Å². The Kier molecular flexibility index (Phi) is 6.48. The molecule has 1 aromatic rings. The first-order valence-corrected chi connectivity index (χ1v) is 9.42. The summed E-state index contributed by atoms with van der Waals surface area (Å²) in [5, 5.41) is 12.2. The van der Waals surface area contributed by atoms with Crippen LogP contribution in [0, 0.1) is 5.92 Å². The molecule has 1 fully saturated rings. The van der Waals surface area contributed by atoms with Crippen molar-refractivity contribution in [2.75, 3.05) is 50.8 Å². The summed E-state index contributed by atoms with van der Waals surface area (Å²) in [5.41, 5.74) is 3.81. The molecule has 2 N–H and O–H groups in total. The predicted molar refractivity (Wildman–Crippen MR) is 104 cm³/mol. The second-order valence-corrected chi connectivity index (χ2v) is 6.86. The number of nitrogens with one attached hydrogen (secondary N) is 1. The van der Waals surface area contributed by atoms with Gasteiger partial charge in [-0.25, -0.2) is 0 Å². The lowest BCUT2D eigenvalue weighted by molar-refractivity contribution is 0.271. The second kappa shape index (κ2) is 9.02. The minimum atomic E-state index is 0.152. The van der Waals surface area contributed by atoms with Crippen molar-refractivity contribution in [3.05, 3.63) is 41.7 Å². The van der Waals surface area contributed by atoms with Gasteiger partial charge in [-0.05, 0) is 37.1 Å². The quantitative estimate of drug-likeness (QED) is 0.794. The standard InChI is InChI=1S/C20H30N4O/c1-2-23-8-10-24(11-9-23)20-5-3-17(4-6-20)13-18-14-19(16-21-15-18)22-7-12-25/h3-6,15-16,18,22,25H,2,7-14H2,1H3. The van der Waals surface area contributed by atoms with Gasteiger partial charge in [0, 0.05) is 62.4 Å². The maximum atomic E-state index is 8.93. The van der Waals surface area contributed by atoms with E-state index in [2.05, 4.69) is 51.3 Å². The molecule has 3 rings (SSSR count). The number of allylic oxidation sites excluding steroid dienone is 1. The second-order valence-electron chi connectivity index (χ2n) is 6.86. The zero-order valence-electron chi connectivity index (χ0n) is 15.2. The fraction of sp³-hybridized carbons (Fsp3) is 0.550. The van der Waals surface area contributed by atoms with Gasteiger partial charge in [-0.3, -0.25) is 4.99 Å². The number of nitrogens with zero attached hydrogens (tertiary/aromatic N) is 3. The monoisotopic (exact) mass is 342 g/mol. The van der Waals surface area contributed by atoms with Crippen molar-refractivity contribution in [3.63, 3.8) is 0 Å². The SMILES string of the molecule is CCN1CCN(c2ccc(CC3C=NC=C(NCCO)C3)cc2)CC1. The zero-order valence-corrected chi connectivity index (χ0v) is 15.2. The van der Waals surface area contributed by atoms with Crippen LogP contribution < -0.4 is 10.2 Å². The zero-order chi connectivity index (χ0) is 17.5. The lowest BCUT2D eigenvalue weighted by atomic mass is 9.94. The molecular weight excluding hydrogens is 312 g/mol. The molecule has 0 spiro atoms. The van der Waals surface area contributed by atoms with E-state index in [9.17, 15) is 0 Å². The summed E-state index contributed by atoms with van der Waals surface area (Å²) < 4.78 is 0. The third kappa shape index (κ3) is 5.06. The van der Waals surface area contributed by atoms with Crippen molar-refractivity contribution in [2.24, 2.45) is 10.9 Å². The minimum absolute atomic E-state index is 0.152. The molecule has 136 valence electrons. The van der Waals surface area contributed by atoms with Gasteiger partial charge in [-0.1, -0.05) is 19.1 Å². The van der Waals surface area contributed by atoms with Crippen LogP contribution in [0.25, 0.3) is 0 Å². The van der Waals surface area contributed by atoms with Crippen molar-refractivity contribution in [2.45, 2.75) is 19.8 Å². The Hall–Kier alpha value is -1.85. The summed E-state index contributed by atoms with van der Waals surface area (Å²) in [4.78, 5) is 9.34. The highest BCUT2D eigenvalue weighted by Crippen LogP contribution is 2.21. The molecule has 2 aliphatic heterocycles. The predicted octanol–water partition coefficient (Wildman–Crippen LogP) is 1.88. The van der Waals surface area contributed by atoms with Crippen LogP contribution in [0.1, 0.15) is 18.9 Å². The van der Waals surface area contributed by atoms with E-state index in [1.54, 1.807) is 0 Å². The van der Waals surface area contributed by atoms with Crippen molar-refractivity contribution in [1.82, 2.24) is 10.2 Å². The minimum Gasteiger partial charge on any atom is -0.395 e. The maximum absolute atomic E-state index is 8.93. The normalized spacial score (nSPS) is 21.3. The summed E-state index contributed by atoms with van der Waals surface area (Å²) in [7, 11) is 0. The Bertz CT molecular complexity index is 588. The molecule has 5 nitrogen and oxygen atoms in total. The molecule has 0 bridgehead atoms. The average molecular weight is 342 g/mol. The molecule has 1 aromatic carbocycles. The summed E-state index contributed by atoms with van der Waals surface area (Å²) in [5.74, 6) is 0.421. The molecular formula is C20H30N4O. The van der Waals surface area contributed by atoms with E-state index >= 15 is 0 Å². The molecule has 0 amide bonds. The number of piperazine rings is 1. The first-order valence-electron chi connectivity index (χ1n) is 9.42. The molecule has 5 heteroatoms. The van der Waals surface area contributed by atoms with Crippen LogP contribution in [-0.2, 0) is 6.42 Å². The molecule has 1 unspecified atom stereocenters. The number of aliphatic imine (C=N–C) groups is 1. The highest BCUT2D eigenvalue weighted by molar-refractivity contribution is 5.64. The van der Waals surface area contributed by atoms with E-state index in [1.165, 1.54) is 11.3 Å². The fourth-order valence-electron chi connectivity index (χ4n) is 3.57. The topological polar surface area (TPSA) is 51.1 Å². The number of likely N-dealkylation sites (N-methyl/N-ethyl adjacent to an activating group) is 1. The highest BCUT2D eigenvalue weighted by atomic mass is 16.3. The first-order chi connectivity index (χ1) is 12.3. The summed E-state index contributed by atoms with van der Waals surface area (Å²) in [6.07, 6.45) is 5.88. The first kappa shape index (κ1) is 18.0. The molecule has 0 aromatic heterocycles. The van der Waals surface area contributed by atoms with Gasteiger partial charge in [-0.15, -0.1) is 0 Å². The van der Waals surface area contributed by atoms with Crippen molar-refractivity contribution < 1.29 is 5.11 Å². The number of benzene rings is 1. The van der Waals surface area contributed by atoms with E-state index in [0.717, 1.165) is 51.3 Å². The fourth-order valence-corrected chi connectivity index (χ4v) is 3.57. The number of rotatable bonds is 7. The Labute approximate surface area is 151 Å². The number of aliphatic hydroxyl groups is 1. The number of hydrogen-bond acceptors (Lipinski definition) is 5. The Morgan fingerprint density at radius 3 is 2.60 bits per heavy atom. The molecule has 2 aliphatic rings. The number of anilines is 1. The average Bonchev–Trinajstić information content (AvgIpc) is 2.67. The molecule has 25 heavy (non-hydrogen) atoms. The van der Waals surface area contributed by atoms with Crippen LogP contribution in [0.3, 0.4) is 0 Å². The van der Waals surface area contributed by atoms with Gasteiger partial charge in [0.25, 0.3) is 0 Å². The van der Waals surface area contributed by atoms with Crippen LogP contribution in [0.2, 0.25) is 0 Å². The van der Waals surface area contributed by atoms with Gasteiger partial charge in [0.15, 0.2) is 0 Å². The van der Waals surface area contributed by atoms with E-state index in [1.807, 2.05) is 12.4 Å². The molecule has 0 radical (unpaired) electrons. The maximum Gasteiger partial charge on any atom is 0.0604 e. The van der Waals surface area contributed by atoms with E-state index in [-0.39, 0.29) is 6.61 Å². The van der Waals surface area contributed by atoms with Crippen LogP contribution in [0.15, 0.2) is 41.2 Å². The van der Waals surface area contributed by atoms with Crippen LogP contribution in [0.5, 0.6) is 0 Å². The molecule has 0 saturated carbocycles. The molecule has 0 aliphatic carbocycles. The summed E-state index contributed by atoms with van der Waals surface area (Å²) in [6.45, 7) is 8.69. The smallest absolute Gasteiger partial charge is 0.0604 e. The third-order valence-corrected chi connectivity index (χ3v) is 5.09. The van der Waals surface area contributed by atoms with Crippen LogP contribution in [-0.4, -0.2) is 62.1 Å².